The number of carbonyl (C=O) groups is 1. The Kier molecular flexibility index (Phi) is 5.49. The summed E-state index contributed by atoms with van der Waals surface area (Å²) in [5.74, 6) is 0.702. The van der Waals surface area contributed by atoms with Crippen LogP contribution in [0, 0.1) is 0 Å². The zero-order chi connectivity index (χ0) is 18.5. The van der Waals surface area contributed by atoms with Crippen LogP contribution in [0.1, 0.15) is 36.0 Å². The Labute approximate surface area is 160 Å². The number of nitrogens with one attached hydrogen (secondary N) is 1. The highest BCUT2D eigenvalue weighted by Gasteiger charge is 2.24. The summed E-state index contributed by atoms with van der Waals surface area (Å²) in [5.41, 5.74) is 2.32. The molecule has 0 saturated carbocycles. The second-order valence-electron chi connectivity index (χ2n) is 7.12. The lowest BCUT2D eigenvalue weighted by molar-refractivity contribution is 0.102. The van der Waals surface area contributed by atoms with Crippen LogP contribution < -0.4 is 10.2 Å². The first-order valence-corrected chi connectivity index (χ1v) is 9.83. The summed E-state index contributed by atoms with van der Waals surface area (Å²) < 4.78 is 0. The number of aromatic nitrogens is 1. The standard InChI is InChI=1S/C22H26N4O/c27-22-18-10-3-4-12-20(18)26(21-19(24-22)11-9-13-23-21)17-8-2-7-16-25-14-5-1-6-15-25/h2-4,8-13H,1,5-7,14-17H2,(H,24,27). The third-order valence-electron chi connectivity index (χ3n) is 5.25. The normalized spacial score (nSPS) is 17.3. The number of anilines is 3. The molecule has 0 atom stereocenters. The van der Waals surface area contributed by atoms with Crippen molar-refractivity contribution in [2.45, 2.75) is 25.7 Å². The van der Waals surface area contributed by atoms with Crippen molar-refractivity contribution in [2.24, 2.45) is 0 Å². The van der Waals surface area contributed by atoms with Crippen LogP contribution in [0.25, 0.3) is 0 Å². The van der Waals surface area contributed by atoms with Crippen molar-refractivity contribution in [2.75, 3.05) is 36.4 Å². The zero-order valence-corrected chi connectivity index (χ0v) is 15.6. The molecule has 140 valence electrons. The number of likely N-dealkylation sites (tertiary alicyclic amines) is 1. The number of rotatable bonds is 5. The van der Waals surface area contributed by atoms with Crippen LogP contribution in [-0.2, 0) is 0 Å². The molecule has 0 aliphatic carbocycles. The molecule has 5 heteroatoms. The number of nitrogens with zero attached hydrogens (tertiary/aromatic N) is 3. The summed E-state index contributed by atoms with van der Waals surface area (Å²) in [6, 6.07) is 11.5. The summed E-state index contributed by atoms with van der Waals surface area (Å²) in [6.07, 6.45) is 11.3. The van der Waals surface area contributed by atoms with E-state index in [2.05, 4.69) is 32.3 Å². The molecule has 0 unspecified atom stereocenters. The molecule has 4 rings (SSSR count). The third-order valence-corrected chi connectivity index (χ3v) is 5.25. The first kappa shape index (κ1) is 17.7. The molecule has 27 heavy (non-hydrogen) atoms. The van der Waals surface area contributed by atoms with Gasteiger partial charge in [0.25, 0.3) is 5.91 Å². The molecule has 0 bridgehead atoms. The van der Waals surface area contributed by atoms with Crippen molar-refractivity contribution in [1.29, 1.82) is 0 Å². The van der Waals surface area contributed by atoms with Gasteiger partial charge >= 0.3 is 0 Å². The predicted molar refractivity (Wildman–Crippen MR) is 110 cm³/mol. The van der Waals surface area contributed by atoms with Gasteiger partial charge in [-0.25, -0.2) is 4.98 Å². The fourth-order valence-electron chi connectivity index (χ4n) is 3.84. The second kappa shape index (κ2) is 8.35. The van der Waals surface area contributed by atoms with Gasteiger partial charge in [0.1, 0.15) is 0 Å². The number of carbonyl (C=O) groups excluding carboxylic acids is 1. The molecule has 2 aliphatic rings. The van der Waals surface area contributed by atoms with Gasteiger partial charge in [-0.1, -0.05) is 30.7 Å². The lowest BCUT2D eigenvalue weighted by Crippen LogP contribution is -2.30. The highest BCUT2D eigenvalue weighted by molar-refractivity contribution is 6.12. The van der Waals surface area contributed by atoms with Gasteiger partial charge in [0.2, 0.25) is 0 Å². The molecular weight excluding hydrogens is 336 g/mol. The van der Waals surface area contributed by atoms with E-state index in [1.54, 1.807) is 6.20 Å². The topological polar surface area (TPSA) is 48.5 Å². The molecule has 3 heterocycles. The quantitative estimate of drug-likeness (QED) is 0.809. The Morgan fingerprint density at radius 1 is 1.04 bits per heavy atom. The largest absolute Gasteiger partial charge is 0.320 e. The smallest absolute Gasteiger partial charge is 0.257 e. The highest BCUT2D eigenvalue weighted by Crippen LogP contribution is 2.35. The molecule has 1 N–H and O–H groups in total. The number of fused-ring (bicyclic) bond motifs is 2. The third kappa shape index (κ3) is 4.03. The van der Waals surface area contributed by atoms with Gasteiger partial charge in [-0.05, 0) is 56.6 Å². The molecular formula is C22H26N4O. The Morgan fingerprint density at radius 2 is 1.89 bits per heavy atom. The average Bonchev–Trinajstić information content (AvgIpc) is 2.83. The number of para-hydroxylation sites is 1. The van der Waals surface area contributed by atoms with Gasteiger partial charge in [-0.15, -0.1) is 0 Å². The minimum absolute atomic E-state index is 0.0866. The van der Waals surface area contributed by atoms with E-state index in [0.717, 1.165) is 30.2 Å². The molecule has 0 spiro atoms. The zero-order valence-electron chi connectivity index (χ0n) is 15.6. The van der Waals surface area contributed by atoms with E-state index in [4.69, 9.17) is 0 Å². The summed E-state index contributed by atoms with van der Waals surface area (Å²) in [4.78, 5) is 21.8. The minimum atomic E-state index is -0.0866. The Hall–Kier alpha value is -2.66. The number of amides is 1. The summed E-state index contributed by atoms with van der Waals surface area (Å²) in [7, 11) is 0. The van der Waals surface area contributed by atoms with E-state index in [1.165, 1.54) is 32.4 Å². The van der Waals surface area contributed by atoms with E-state index in [9.17, 15) is 4.79 Å². The van der Waals surface area contributed by atoms with Crippen LogP contribution in [-0.4, -0.2) is 42.0 Å². The SMILES string of the molecule is O=C1Nc2cccnc2N(CC=CCCN2CCCCC2)c2ccccc21. The summed E-state index contributed by atoms with van der Waals surface area (Å²) in [5, 5.41) is 2.98. The van der Waals surface area contributed by atoms with Gasteiger partial charge < -0.3 is 15.1 Å². The summed E-state index contributed by atoms with van der Waals surface area (Å²) in [6.45, 7) is 4.29. The van der Waals surface area contributed by atoms with Crippen LogP contribution in [0.2, 0.25) is 0 Å². The van der Waals surface area contributed by atoms with Gasteiger partial charge in [-0.3, -0.25) is 4.79 Å². The van der Waals surface area contributed by atoms with Gasteiger partial charge in [0, 0.05) is 19.3 Å². The van der Waals surface area contributed by atoms with Crippen LogP contribution in [0.5, 0.6) is 0 Å². The van der Waals surface area contributed by atoms with Crippen LogP contribution in [0.4, 0.5) is 17.2 Å². The number of benzene rings is 1. The van der Waals surface area contributed by atoms with Crippen LogP contribution in [0.3, 0.4) is 0 Å². The van der Waals surface area contributed by atoms with Crippen molar-refractivity contribution in [1.82, 2.24) is 9.88 Å². The molecule has 2 aliphatic heterocycles. The maximum atomic E-state index is 12.6. The maximum Gasteiger partial charge on any atom is 0.257 e. The Morgan fingerprint density at radius 3 is 2.78 bits per heavy atom. The predicted octanol–water partition coefficient (Wildman–Crippen LogP) is 4.22. The second-order valence-corrected chi connectivity index (χ2v) is 7.12. The number of piperidine rings is 1. The van der Waals surface area contributed by atoms with E-state index in [1.807, 2.05) is 36.4 Å². The van der Waals surface area contributed by atoms with Crippen molar-refractivity contribution in [3.8, 4) is 0 Å². The van der Waals surface area contributed by atoms with Crippen molar-refractivity contribution in [3.05, 3.63) is 60.3 Å². The number of hydrogen-bond donors (Lipinski definition) is 1. The Bertz CT molecular complexity index is 827. The monoisotopic (exact) mass is 362 g/mol. The Balaban J connectivity index is 1.50. The van der Waals surface area contributed by atoms with E-state index < -0.39 is 0 Å². The first-order valence-electron chi connectivity index (χ1n) is 9.83. The van der Waals surface area contributed by atoms with Gasteiger partial charge in [0.05, 0.1) is 16.9 Å². The average molecular weight is 362 g/mol. The molecule has 1 aromatic heterocycles. The highest BCUT2D eigenvalue weighted by atomic mass is 16.1. The van der Waals surface area contributed by atoms with Crippen LogP contribution in [0.15, 0.2) is 54.7 Å². The maximum absolute atomic E-state index is 12.6. The summed E-state index contributed by atoms with van der Waals surface area (Å²) >= 11 is 0. The molecule has 1 saturated heterocycles. The van der Waals surface area contributed by atoms with E-state index >= 15 is 0 Å². The van der Waals surface area contributed by atoms with Crippen LogP contribution >= 0.6 is 0 Å². The van der Waals surface area contributed by atoms with E-state index in [0.29, 0.717) is 12.1 Å². The molecule has 1 aromatic carbocycles. The van der Waals surface area contributed by atoms with Gasteiger partial charge in [0.15, 0.2) is 5.82 Å². The molecule has 5 nitrogen and oxygen atoms in total. The van der Waals surface area contributed by atoms with Gasteiger partial charge in [-0.2, -0.15) is 0 Å². The molecule has 2 aromatic rings. The first-order chi connectivity index (χ1) is 13.3. The fraction of sp³-hybridized carbons (Fsp3) is 0.364. The number of pyridine rings is 1. The molecule has 1 amide bonds. The fourth-order valence-corrected chi connectivity index (χ4v) is 3.84. The lowest BCUT2D eigenvalue weighted by Gasteiger charge is -2.26. The lowest BCUT2D eigenvalue weighted by atomic mass is 10.1. The van der Waals surface area contributed by atoms with E-state index in [-0.39, 0.29) is 5.91 Å². The van der Waals surface area contributed by atoms with Crippen molar-refractivity contribution < 1.29 is 4.79 Å². The van der Waals surface area contributed by atoms with Crippen molar-refractivity contribution >= 4 is 23.1 Å². The molecule has 1 fully saturated rings. The number of hydrogen-bond acceptors (Lipinski definition) is 4. The minimum Gasteiger partial charge on any atom is -0.320 e. The van der Waals surface area contributed by atoms with Crippen molar-refractivity contribution in [3.63, 3.8) is 0 Å². The molecule has 0 radical (unpaired) electrons.